The van der Waals surface area contributed by atoms with E-state index in [4.69, 9.17) is 0 Å². The Morgan fingerprint density at radius 3 is 2.81 bits per heavy atom. The van der Waals surface area contributed by atoms with E-state index in [1.165, 1.54) is 11.8 Å². The molecule has 0 unspecified atom stereocenters. The number of para-hydroxylation sites is 1. The van der Waals surface area contributed by atoms with Crippen LogP contribution in [0.25, 0.3) is 10.9 Å². The third kappa shape index (κ3) is 3.94. The Labute approximate surface area is 151 Å². The van der Waals surface area contributed by atoms with E-state index >= 15 is 0 Å². The molecule has 0 aliphatic heterocycles. The van der Waals surface area contributed by atoms with Crippen LogP contribution >= 0.6 is 11.8 Å². The summed E-state index contributed by atoms with van der Waals surface area (Å²) in [6.45, 7) is 1.76. The van der Waals surface area contributed by atoms with Gasteiger partial charge in [0.25, 0.3) is 5.69 Å². The molecule has 1 amide bonds. The molecular weight excluding hydrogens is 359 g/mol. The lowest BCUT2D eigenvalue weighted by Crippen LogP contribution is -2.15. The summed E-state index contributed by atoms with van der Waals surface area (Å²) in [6.07, 6.45) is 0. The number of nitro benzene ring substituents is 1. The number of anilines is 1. The lowest BCUT2D eigenvalue weighted by atomic mass is 10.2. The monoisotopic (exact) mass is 372 g/mol. The van der Waals surface area contributed by atoms with Gasteiger partial charge >= 0.3 is 0 Å². The minimum atomic E-state index is -0.739. The van der Waals surface area contributed by atoms with Gasteiger partial charge in [-0.3, -0.25) is 14.9 Å². The fraction of sp³-hybridized carbons (Fsp3) is 0.118. The smallest absolute Gasteiger partial charge is 0.271 e. The Morgan fingerprint density at radius 1 is 1.27 bits per heavy atom. The van der Waals surface area contributed by atoms with Gasteiger partial charge in [0.15, 0.2) is 0 Å². The van der Waals surface area contributed by atoms with E-state index in [1.807, 2.05) is 24.3 Å². The maximum Gasteiger partial charge on any atom is 0.271 e. The zero-order valence-corrected chi connectivity index (χ0v) is 14.4. The average Bonchev–Trinajstić information content (AvgIpc) is 2.61. The van der Waals surface area contributed by atoms with Crippen LogP contribution in [0.3, 0.4) is 0 Å². The van der Waals surface area contributed by atoms with Gasteiger partial charge in [0.1, 0.15) is 16.7 Å². The number of aromatic nitrogens is 2. The molecule has 1 heterocycles. The van der Waals surface area contributed by atoms with Crippen LogP contribution < -0.4 is 5.32 Å². The first-order valence-corrected chi connectivity index (χ1v) is 8.52. The quantitative estimate of drug-likeness (QED) is 0.317. The number of fused-ring (bicyclic) bond motifs is 1. The third-order valence-corrected chi connectivity index (χ3v) is 4.45. The molecule has 3 rings (SSSR count). The highest BCUT2D eigenvalue weighted by Crippen LogP contribution is 2.26. The second-order valence-electron chi connectivity index (χ2n) is 5.35. The van der Waals surface area contributed by atoms with Gasteiger partial charge in [0.2, 0.25) is 5.91 Å². The number of carbonyl (C=O) groups is 1. The van der Waals surface area contributed by atoms with Crippen molar-refractivity contribution in [3.63, 3.8) is 0 Å². The van der Waals surface area contributed by atoms with E-state index < -0.39 is 16.6 Å². The molecule has 0 saturated carbocycles. The first-order chi connectivity index (χ1) is 12.4. The van der Waals surface area contributed by atoms with Crippen molar-refractivity contribution in [2.75, 3.05) is 11.1 Å². The summed E-state index contributed by atoms with van der Waals surface area (Å²) in [4.78, 5) is 30.9. The minimum absolute atomic E-state index is 0.0252. The molecule has 0 aliphatic rings. The van der Waals surface area contributed by atoms with E-state index in [2.05, 4.69) is 15.3 Å². The van der Waals surface area contributed by atoms with Gasteiger partial charge in [-0.15, -0.1) is 0 Å². The van der Waals surface area contributed by atoms with Crippen molar-refractivity contribution < 1.29 is 14.1 Å². The maximum atomic E-state index is 13.8. The Balaban J connectivity index is 1.74. The van der Waals surface area contributed by atoms with Crippen molar-refractivity contribution in [1.29, 1.82) is 0 Å². The summed E-state index contributed by atoms with van der Waals surface area (Å²) in [5, 5.41) is 14.6. The van der Waals surface area contributed by atoms with Crippen LogP contribution in [0.15, 0.2) is 47.5 Å². The number of rotatable bonds is 5. The minimum Gasteiger partial charge on any atom is -0.323 e. The first-order valence-electron chi connectivity index (χ1n) is 7.54. The molecule has 0 spiro atoms. The lowest BCUT2D eigenvalue weighted by Gasteiger charge is -2.08. The highest BCUT2D eigenvalue weighted by molar-refractivity contribution is 8.00. The van der Waals surface area contributed by atoms with E-state index in [0.717, 1.165) is 29.1 Å². The zero-order chi connectivity index (χ0) is 18.7. The number of halogens is 1. The van der Waals surface area contributed by atoms with Crippen LogP contribution in [0.5, 0.6) is 0 Å². The molecule has 1 aromatic heterocycles. The summed E-state index contributed by atoms with van der Waals surface area (Å²) in [6, 6.07) is 10.4. The number of nitro groups is 1. The molecule has 132 valence electrons. The predicted octanol–water partition coefficient (Wildman–Crippen LogP) is 3.72. The van der Waals surface area contributed by atoms with Gasteiger partial charge in [-0.2, -0.15) is 0 Å². The average molecular weight is 372 g/mol. The van der Waals surface area contributed by atoms with Crippen LogP contribution in [0.2, 0.25) is 0 Å². The highest BCUT2D eigenvalue weighted by Gasteiger charge is 2.14. The van der Waals surface area contributed by atoms with Crippen LogP contribution in [0.4, 0.5) is 15.8 Å². The molecule has 1 N–H and O–H groups in total. The summed E-state index contributed by atoms with van der Waals surface area (Å²) >= 11 is 1.19. The van der Waals surface area contributed by atoms with Crippen molar-refractivity contribution >= 4 is 39.9 Å². The largest absolute Gasteiger partial charge is 0.323 e. The fourth-order valence-electron chi connectivity index (χ4n) is 2.31. The highest BCUT2D eigenvalue weighted by atomic mass is 32.2. The number of aryl methyl sites for hydroxylation is 1. The van der Waals surface area contributed by atoms with Gasteiger partial charge in [0, 0.05) is 17.5 Å². The van der Waals surface area contributed by atoms with Crippen molar-refractivity contribution in [2.24, 2.45) is 0 Å². The summed E-state index contributed by atoms with van der Waals surface area (Å²) in [7, 11) is 0. The van der Waals surface area contributed by atoms with Crippen molar-refractivity contribution in [2.45, 2.75) is 11.9 Å². The molecule has 0 saturated heterocycles. The number of hydrogen-bond donors (Lipinski definition) is 1. The van der Waals surface area contributed by atoms with Crippen LogP contribution in [-0.2, 0) is 4.79 Å². The molecule has 26 heavy (non-hydrogen) atoms. The SMILES string of the molecule is Cc1nc(SCC(=O)Nc2cc([N+](=O)[O-])ccc2F)c2ccccc2n1. The molecule has 0 aliphatic carbocycles. The van der Waals surface area contributed by atoms with Crippen molar-refractivity contribution in [1.82, 2.24) is 9.97 Å². The van der Waals surface area contributed by atoms with Crippen LogP contribution in [0, 0.1) is 22.9 Å². The Bertz CT molecular complexity index is 1010. The Kier molecular flexibility index (Phi) is 5.08. The Morgan fingerprint density at radius 2 is 2.04 bits per heavy atom. The third-order valence-electron chi connectivity index (χ3n) is 3.45. The van der Waals surface area contributed by atoms with E-state index in [9.17, 15) is 19.3 Å². The second kappa shape index (κ2) is 7.44. The number of thioether (sulfide) groups is 1. The second-order valence-corrected chi connectivity index (χ2v) is 6.32. The number of hydrogen-bond acceptors (Lipinski definition) is 6. The number of benzene rings is 2. The Hall–Kier alpha value is -3.07. The summed E-state index contributed by atoms with van der Waals surface area (Å²) in [5.41, 5.74) is 0.243. The molecule has 0 radical (unpaired) electrons. The molecule has 0 bridgehead atoms. The van der Waals surface area contributed by atoms with Crippen molar-refractivity contribution in [3.8, 4) is 0 Å². The molecule has 0 fully saturated rings. The van der Waals surface area contributed by atoms with E-state index in [0.29, 0.717) is 10.9 Å². The summed E-state index contributed by atoms with van der Waals surface area (Å²) in [5.74, 6) is -0.675. The topological polar surface area (TPSA) is 98.0 Å². The number of non-ortho nitro benzene ring substituents is 1. The van der Waals surface area contributed by atoms with Crippen molar-refractivity contribution in [3.05, 3.63) is 64.2 Å². The van der Waals surface area contributed by atoms with E-state index in [-0.39, 0.29) is 17.1 Å². The van der Waals surface area contributed by atoms with Gasteiger partial charge in [-0.05, 0) is 19.1 Å². The fourth-order valence-corrected chi connectivity index (χ4v) is 3.18. The number of amides is 1. The normalized spacial score (nSPS) is 10.7. The molecular formula is C17H13FN4O3S. The zero-order valence-electron chi connectivity index (χ0n) is 13.6. The number of nitrogens with one attached hydrogen (secondary N) is 1. The standard InChI is InChI=1S/C17H13FN4O3S/c1-10-19-14-5-3-2-4-12(14)17(20-10)26-9-16(23)21-15-8-11(22(24)25)6-7-13(15)18/h2-8H,9H2,1H3,(H,21,23). The molecule has 9 heteroatoms. The van der Waals surface area contributed by atoms with Crippen LogP contribution in [-0.4, -0.2) is 26.6 Å². The molecule has 0 atom stereocenters. The molecule has 7 nitrogen and oxygen atoms in total. The number of carbonyl (C=O) groups excluding carboxylic acids is 1. The molecule has 3 aromatic rings. The predicted molar refractivity (Wildman–Crippen MR) is 96.7 cm³/mol. The van der Waals surface area contributed by atoms with Crippen LogP contribution in [0.1, 0.15) is 5.82 Å². The lowest BCUT2D eigenvalue weighted by molar-refractivity contribution is -0.384. The number of nitrogens with zero attached hydrogens (tertiary/aromatic N) is 3. The first kappa shape index (κ1) is 17.7. The van der Waals surface area contributed by atoms with E-state index in [1.54, 1.807) is 6.92 Å². The van der Waals surface area contributed by atoms with Gasteiger partial charge < -0.3 is 5.32 Å². The summed E-state index contributed by atoms with van der Waals surface area (Å²) < 4.78 is 13.8. The molecule has 2 aromatic carbocycles. The maximum absolute atomic E-state index is 13.8. The van der Waals surface area contributed by atoms with Gasteiger partial charge in [0.05, 0.1) is 21.9 Å². The van der Waals surface area contributed by atoms with Gasteiger partial charge in [-0.1, -0.05) is 30.0 Å². The van der Waals surface area contributed by atoms with Gasteiger partial charge in [-0.25, -0.2) is 14.4 Å².